The molecule has 0 N–H and O–H groups in total. The number of aromatic nitrogens is 1. The van der Waals surface area contributed by atoms with Gasteiger partial charge in [0, 0.05) is 50.8 Å². The standard InChI is InChI=1S/C9H5F3NO2S2.Y/c1-13-5-3-16-17-7(5)4(8(13)15)2-6(14)9(10,11)12;/h2-3H,1H3;/q-1;. The monoisotopic (exact) mass is 369 g/mol. The van der Waals surface area contributed by atoms with Crippen LogP contribution in [-0.2, 0) is 44.6 Å². The van der Waals surface area contributed by atoms with Crippen molar-refractivity contribution in [2.75, 3.05) is 0 Å². The summed E-state index contributed by atoms with van der Waals surface area (Å²) in [5.74, 6) is -2.01. The second-order valence-corrected chi connectivity index (χ2v) is 5.38. The van der Waals surface area contributed by atoms with Crippen molar-refractivity contribution in [2.45, 2.75) is 6.18 Å². The summed E-state index contributed by atoms with van der Waals surface area (Å²) in [5, 5.41) is 1.66. The number of alkyl halides is 3. The van der Waals surface area contributed by atoms with E-state index in [1.807, 2.05) is 0 Å². The van der Waals surface area contributed by atoms with Crippen molar-refractivity contribution in [3.8, 4) is 10.6 Å². The Balaban J connectivity index is 0.00000162. The van der Waals surface area contributed by atoms with Crippen molar-refractivity contribution >= 4 is 26.5 Å². The van der Waals surface area contributed by atoms with Crippen LogP contribution in [0.1, 0.15) is 5.56 Å². The number of fused-ring (bicyclic) bond motifs is 1. The summed E-state index contributed by atoms with van der Waals surface area (Å²) in [7, 11) is 3.93. The van der Waals surface area contributed by atoms with E-state index in [0.29, 0.717) is 17.0 Å². The normalized spacial score (nSPS) is 11.3. The largest absolute Gasteiger partial charge is 0.441 e. The molecular weight excluding hydrogens is 364 g/mol. The number of carbonyl (C=O) groups excluding carboxylic acids is 1. The van der Waals surface area contributed by atoms with E-state index in [1.54, 1.807) is 5.38 Å². The zero-order valence-electron chi connectivity index (χ0n) is 8.95. The summed E-state index contributed by atoms with van der Waals surface area (Å²) >= 11 is 0. The molecule has 2 aliphatic heterocycles. The third kappa shape index (κ3) is 2.71. The van der Waals surface area contributed by atoms with Crippen molar-refractivity contribution in [1.29, 1.82) is 0 Å². The van der Waals surface area contributed by atoms with E-state index < -0.39 is 17.5 Å². The van der Waals surface area contributed by atoms with Crippen molar-refractivity contribution in [1.82, 2.24) is 4.57 Å². The number of Topliss-reactive ketones (excluding diaryl/α,β-unsaturated/α-hetero) is 1. The Morgan fingerprint density at radius 2 is 2.06 bits per heavy atom. The minimum atomic E-state index is -4.95. The number of hydrogen-bond acceptors (Lipinski definition) is 4. The molecular formula is C9H5F3NO2S2Y-. The first-order valence-electron chi connectivity index (χ1n) is 4.34. The molecule has 9 heteroatoms. The summed E-state index contributed by atoms with van der Waals surface area (Å²) in [6, 6.07) is 0. The van der Waals surface area contributed by atoms with Gasteiger partial charge in [-0.1, -0.05) is 0 Å². The molecule has 0 aromatic rings. The number of halogens is 3. The van der Waals surface area contributed by atoms with Crippen LogP contribution in [-0.4, -0.2) is 16.5 Å². The molecule has 0 aromatic carbocycles. The Bertz CT molecular complexity index is 598. The molecule has 0 spiro atoms. The molecule has 3 nitrogen and oxygen atoms in total. The maximum atomic E-state index is 12.1. The van der Waals surface area contributed by atoms with Crippen LogP contribution in [0.3, 0.4) is 0 Å². The van der Waals surface area contributed by atoms with E-state index in [0.717, 1.165) is 0 Å². The first-order chi connectivity index (χ1) is 7.82. The van der Waals surface area contributed by atoms with Gasteiger partial charge in [0.2, 0.25) is 5.78 Å². The first kappa shape index (κ1) is 15.9. The molecule has 2 rings (SSSR count). The average molecular weight is 369 g/mol. The van der Waals surface area contributed by atoms with E-state index in [1.165, 1.54) is 32.3 Å². The van der Waals surface area contributed by atoms with Gasteiger partial charge < -0.3 is 9.36 Å². The molecule has 1 radical (unpaired) electrons. The molecule has 2 aliphatic rings. The average Bonchev–Trinajstić information content (AvgIpc) is 2.76. The van der Waals surface area contributed by atoms with E-state index in [-0.39, 0.29) is 38.3 Å². The SMILES string of the molecule is Cn1c2cssc-2c([CH-]C(=O)C(F)(F)F)c1=O.[Y]. The maximum Gasteiger partial charge on any atom is 0.441 e. The van der Waals surface area contributed by atoms with Crippen molar-refractivity contribution in [2.24, 2.45) is 7.05 Å². The van der Waals surface area contributed by atoms with Crippen LogP contribution in [0.15, 0.2) is 10.2 Å². The van der Waals surface area contributed by atoms with E-state index in [2.05, 4.69) is 0 Å². The number of carbonyl (C=O) groups is 1. The predicted molar refractivity (Wildman–Crippen MR) is 58.5 cm³/mol. The zero-order valence-corrected chi connectivity index (χ0v) is 13.4. The number of ketones is 1. The third-order valence-electron chi connectivity index (χ3n) is 2.22. The minimum Gasteiger partial charge on any atom is -0.373 e. The summed E-state index contributed by atoms with van der Waals surface area (Å²) in [4.78, 5) is 22.9. The molecule has 2 heterocycles. The van der Waals surface area contributed by atoms with Gasteiger partial charge in [-0.2, -0.15) is 13.2 Å². The van der Waals surface area contributed by atoms with Crippen molar-refractivity contribution in [3.63, 3.8) is 0 Å². The van der Waals surface area contributed by atoms with Crippen LogP contribution in [0.25, 0.3) is 10.6 Å². The summed E-state index contributed by atoms with van der Waals surface area (Å²) in [5.41, 5.74) is -0.223. The molecule has 0 atom stereocenters. The maximum absolute atomic E-state index is 12.1. The van der Waals surface area contributed by atoms with Crippen LogP contribution < -0.4 is 5.56 Å². The fourth-order valence-corrected chi connectivity index (χ4v) is 3.69. The number of hydrogen-bond donors (Lipinski definition) is 0. The summed E-state index contributed by atoms with van der Waals surface area (Å²) in [6.07, 6.45) is -4.58. The fourth-order valence-electron chi connectivity index (χ4n) is 1.36. The van der Waals surface area contributed by atoms with Gasteiger partial charge in [-0.25, -0.2) is 0 Å². The molecule has 0 aliphatic carbocycles. The molecule has 0 bridgehead atoms. The molecule has 0 aromatic heterocycles. The minimum absolute atomic E-state index is 0. The Hall–Kier alpha value is -0.176. The van der Waals surface area contributed by atoms with Crippen LogP contribution in [0, 0.1) is 6.42 Å². The summed E-state index contributed by atoms with van der Waals surface area (Å²) in [6.45, 7) is 0. The van der Waals surface area contributed by atoms with Gasteiger partial charge in [-0.3, -0.25) is 4.79 Å². The van der Waals surface area contributed by atoms with E-state index >= 15 is 0 Å². The van der Waals surface area contributed by atoms with E-state index in [4.69, 9.17) is 0 Å². The number of nitrogens with zero attached hydrogens (tertiary/aromatic N) is 1. The molecule has 0 saturated carbocycles. The molecule has 0 unspecified atom stereocenters. The summed E-state index contributed by atoms with van der Waals surface area (Å²) < 4.78 is 37.6. The van der Waals surface area contributed by atoms with Gasteiger partial charge in [0.05, 0.1) is 0 Å². The second-order valence-electron chi connectivity index (χ2n) is 3.30. The predicted octanol–water partition coefficient (Wildman–Crippen LogP) is 2.29. The smallest absolute Gasteiger partial charge is 0.373 e. The topological polar surface area (TPSA) is 39.1 Å². The first-order valence-corrected chi connectivity index (χ1v) is 6.56. The Morgan fingerprint density at radius 1 is 1.44 bits per heavy atom. The fraction of sp³-hybridized carbons (Fsp3) is 0.222. The third-order valence-corrected chi connectivity index (χ3v) is 4.31. The van der Waals surface area contributed by atoms with Crippen LogP contribution in [0.5, 0.6) is 0 Å². The molecule has 18 heavy (non-hydrogen) atoms. The van der Waals surface area contributed by atoms with Gasteiger partial charge >= 0.3 is 6.18 Å². The molecule has 0 saturated heterocycles. The van der Waals surface area contributed by atoms with Crippen LogP contribution >= 0.6 is 20.7 Å². The van der Waals surface area contributed by atoms with Gasteiger partial charge in [0.1, 0.15) is 5.56 Å². The zero-order chi connectivity index (χ0) is 12.8. The second kappa shape index (κ2) is 5.44. The van der Waals surface area contributed by atoms with E-state index in [9.17, 15) is 22.8 Å². The van der Waals surface area contributed by atoms with Crippen molar-refractivity contribution in [3.05, 3.63) is 27.7 Å². The molecule has 0 amide bonds. The van der Waals surface area contributed by atoms with Gasteiger partial charge in [-0.15, -0.1) is 32.7 Å². The van der Waals surface area contributed by atoms with Gasteiger partial charge in [0.15, 0.2) is 0 Å². The molecule has 95 valence electrons. The Kier molecular flexibility index (Phi) is 4.80. The Labute approximate surface area is 132 Å². The molecule has 0 fully saturated rings. The van der Waals surface area contributed by atoms with Crippen LogP contribution in [0.2, 0.25) is 0 Å². The van der Waals surface area contributed by atoms with Gasteiger partial charge in [-0.05, 0) is 4.88 Å². The van der Waals surface area contributed by atoms with Crippen molar-refractivity contribution < 1.29 is 50.7 Å². The number of rotatable bonds is 2. The Morgan fingerprint density at radius 3 is 2.61 bits per heavy atom. The van der Waals surface area contributed by atoms with Gasteiger partial charge in [0.25, 0.3) is 0 Å². The quantitative estimate of drug-likeness (QED) is 0.602. The van der Waals surface area contributed by atoms with Crippen LogP contribution in [0.4, 0.5) is 13.2 Å².